The highest BCUT2D eigenvalue weighted by atomic mass is 127. The highest BCUT2D eigenvalue weighted by molar-refractivity contribution is 14.0. The van der Waals surface area contributed by atoms with E-state index in [0.29, 0.717) is 12.2 Å². The molecule has 2 aliphatic rings. The van der Waals surface area contributed by atoms with Crippen LogP contribution in [-0.2, 0) is 16.0 Å². The normalized spacial score (nSPS) is 22.5. The molecule has 7 heteroatoms. The van der Waals surface area contributed by atoms with Gasteiger partial charge in [-0.3, -0.25) is 4.99 Å². The van der Waals surface area contributed by atoms with Crippen LogP contribution < -0.4 is 5.32 Å². The van der Waals surface area contributed by atoms with E-state index < -0.39 is 0 Å². The molecule has 0 spiro atoms. The molecular formula is C18H30IN3O2S. The van der Waals surface area contributed by atoms with Crippen molar-refractivity contribution < 1.29 is 9.47 Å². The summed E-state index contributed by atoms with van der Waals surface area (Å²) in [6, 6.07) is 4.24. The SMILES string of the molecule is CN=C(NCc1cccs1)N1CCC(OCC2CCCCO2)CC1.I. The van der Waals surface area contributed by atoms with Gasteiger partial charge in [-0.05, 0) is 43.6 Å². The molecule has 0 bridgehead atoms. The van der Waals surface area contributed by atoms with E-state index in [2.05, 4.69) is 32.7 Å². The van der Waals surface area contributed by atoms with Crippen LogP contribution in [0.4, 0.5) is 0 Å². The summed E-state index contributed by atoms with van der Waals surface area (Å²) in [6.07, 6.45) is 6.43. The molecule has 0 saturated carbocycles. The lowest BCUT2D eigenvalue weighted by Crippen LogP contribution is -2.47. The topological polar surface area (TPSA) is 46.1 Å². The van der Waals surface area contributed by atoms with E-state index in [-0.39, 0.29) is 24.0 Å². The summed E-state index contributed by atoms with van der Waals surface area (Å²) in [4.78, 5) is 8.10. The fourth-order valence-electron chi connectivity index (χ4n) is 3.33. The van der Waals surface area contributed by atoms with Gasteiger partial charge < -0.3 is 19.7 Å². The molecule has 2 fully saturated rings. The lowest BCUT2D eigenvalue weighted by molar-refractivity contribution is -0.0721. The molecule has 3 rings (SSSR count). The van der Waals surface area contributed by atoms with Gasteiger partial charge in [0.05, 0.1) is 25.4 Å². The fraction of sp³-hybridized carbons (Fsp3) is 0.722. The predicted octanol–water partition coefficient (Wildman–Crippen LogP) is 3.49. The van der Waals surface area contributed by atoms with Crippen LogP contribution in [0.1, 0.15) is 37.0 Å². The number of thiophene rings is 1. The molecule has 0 radical (unpaired) electrons. The highest BCUT2D eigenvalue weighted by Crippen LogP contribution is 2.18. The minimum Gasteiger partial charge on any atom is -0.376 e. The van der Waals surface area contributed by atoms with E-state index in [1.54, 1.807) is 11.3 Å². The zero-order chi connectivity index (χ0) is 16.6. The van der Waals surface area contributed by atoms with Crippen molar-refractivity contribution in [1.82, 2.24) is 10.2 Å². The van der Waals surface area contributed by atoms with Crippen LogP contribution in [0, 0.1) is 0 Å². The van der Waals surface area contributed by atoms with E-state index in [1.807, 2.05) is 7.05 Å². The summed E-state index contributed by atoms with van der Waals surface area (Å²) >= 11 is 1.77. The first-order valence-corrected chi connectivity index (χ1v) is 9.94. The third-order valence-corrected chi connectivity index (χ3v) is 5.62. The Balaban J connectivity index is 0.00000225. The average Bonchev–Trinajstić information content (AvgIpc) is 3.16. The van der Waals surface area contributed by atoms with Gasteiger partial charge in [0.25, 0.3) is 0 Å². The maximum Gasteiger partial charge on any atom is 0.193 e. The number of hydrogen-bond acceptors (Lipinski definition) is 4. The number of guanidine groups is 1. The molecule has 5 nitrogen and oxygen atoms in total. The summed E-state index contributed by atoms with van der Waals surface area (Å²) in [5, 5.41) is 5.58. The molecule has 0 amide bonds. The Morgan fingerprint density at radius 1 is 1.36 bits per heavy atom. The van der Waals surface area contributed by atoms with Gasteiger partial charge in [-0.1, -0.05) is 6.07 Å². The molecule has 142 valence electrons. The maximum absolute atomic E-state index is 6.09. The van der Waals surface area contributed by atoms with Crippen LogP contribution in [-0.4, -0.2) is 56.4 Å². The van der Waals surface area contributed by atoms with E-state index in [4.69, 9.17) is 9.47 Å². The Morgan fingerprint density at radius 2 is 2.20 bits per heavy atom. The van der Waals surface area contributed by atoms with Gasteiger partial charge in [0.2, 0.25) is 0 Å². The monoisotopic (exact) mass is 479 g/mol. The van der Waals surface area contributed by atoms with Crippen molar-refractivity contribution in [2.75, 3.05) is 33.4 Å². The number of likely N-dealkylation sites (tertiary alicyclic amines) is 1. The van der Waals surface area contributed by atoms with Crippen molar-refractivity contribution in [3.63, 3.8) is 0 Å². The highest BCUT2D eigenvalue weighted by Gasteiger charge is 2.23. The van der Waals surface area contributed by atoms with Crippen LogP contribution in [0.3, 0.4) is 0 Å². The van der Waals surface area contributed by atoms with Crippen molar-refractivity contribution in [2.24, 2.45) is 4.99 Å². The van der Waals surface area contributed by atoms with Crippen LogP contribution in [0.15, 0.2) is 22.5 Å². The van der Waals surface area contributed by atoms with Crippen molar-refractivity contribution in [2.45, 2.75) is 50.9 Å². The van der Waals surface area contributed by atoms with Crippen molar-refractivity contribution >= 4 is 41.3 Å². The summed E-state index contributed by atoms with van der Waals surface area (Å²) in [5.41, 5.74) is 0. The molecule has 0 aromatic carbocycles. The number of piperidine rings is 1. The number of ether oxygens (including phenoxy) is 2. The van der Waals surface area contributed by atoms with Gasteiger partial charge in [-0.2, -0.15) is 0 Å². The maximum atomic E-state index is 6.09. The van der Waals surface area contributed by atoms with Crippen molar-refractivity contribution in [1.29, 1.82) is 0 Å². The first-order valence-electron chi connectivity index (χ1n) is 9.06. The quantitative estimate of drug-likeness (QED) is 0.399. The number of nitrogens with zero attached hydrogens (tertiary/aromatic N) is 2. The Kier molecular flexibility index (Phi) is 9.51. The first kappa shape index (κ1) is 20.9. The predicted molar refractivity (Wildman–Crippen MR) is 114 cm³/mol. The van der Waals surface area contributed by atoms with Crippen molar-refractivity contribution in [3.8, 4) is 0 Å². The second-order valence-corrected chi connectivity index (χ2v) is 7.52. The van der Waals surface area contributed by atoms with Crippen LogP contribution in [0.5, 0.6) is 0 Å². The Hall–Kier alpha value is -0.380. The molecule has 2 saturated heterocycles. The van der Waals surface area contributed by atoms with Crippen LogP contribution >= 0.6 is 35.3 Å². The molecule has 0 aliphatic carbocycles. The summed E-state index contributed by atoms with van der Waals surface area (Å²) in [7, 11) is 1.86. The largest absolute Gasteiger partial charge is 0.376 e. The van der Waals surface area contributed by atoms with E-state index >= 15 is 0 Å². The second-order valence-electron chi connectivity index (χ2n) is 6.49. The number of hydrogen-bond donors (Lipinski definition) is 1. The van der Waals surface area contributed by atoms with Gasteiger partial charge in [-0.25, -0.2) is 0 Å². The van der Waals surface area contributed by atoms with Gasteiger partial charge in [0, 0.05) is 31.6 Å². The van der Waals surface area contributed by atoms with E-state index in [9.17, 15) is 0 Å². The minimum atomic E-state index is 0. The molecular weight excluding hydrogens is 449 g/mol. The van der Waals surface area contributed by atoms with Gasteiger partial charge >= 0.3 is 0 Å². The average molecular weight is 479 g/mol. The summed E-state index contributed by atoms with van der Waals surface area (Å²) in [5.74, 6) is 0.998. The molecule has 1 unspecified atom stereocenters. The zero-order valence-electron chi connectivity index (χ0n) is 15.0. The van der Waals surface area contributed by atoms with Crippen LogP contribution in [0.2, 0.25) is 0 Å². The molecule has 3 heterocycles. The Labute approximate surface area is 172 Å². The molecule has 1 N–H and O–H groups in total. The number of aliphatic imine (C=N–C) groups is 1. The lowest BCUT2D eigenvalue weighted by atomic mass is 10.1. The third-order valence-electron chi connectivity index (χ3n) is 4.75. The number of rotatable bonds is 5. The minimum absolute atomic E-state index is 0. The third kappa shape index (κ3) is 6.69. The molecule has 1 atom stereocenters. The van der Waals surface area contributed by atoms with Gasteiger partial charge in [0.1, 0.15) is 0 Å². The molecule has 2 aliphatic heterocycles. The standard InChI is InChI=1S/C18H29N3O2S.HI/c1-19-18(20-13-17-6-4-12-24-17)21-9-7-15(8-10-21)23-14-16-5-2-3-11-22-16;/h4,6,12,15-16H,2-3,5,7-11,13-14H2,1H3,(H,19,20);1H. The van der Waals surface area contributed by atoms with E-state index in [1.165, 1.54) is 17.7 Å². The van der Waals surface area contributed by atoms with Crippen LogP contribution in [0.25, 0.3) is 0 Å². The zero-order valence-corrected chi connectivity index (χ0v) is 18.1. The van der Waals surface area contributed by atoms with E-state index in [0.717, 1.165) is 58.1 Å². The summed E-state index contributed by atoms with van der Waals surface area (Å²) < 4.78 is 11.8. The number of nitrogens with one attached hydrogen (secondary N) is 1. The molecule has 1 aromatic rings. The smallest absolute Gasteiger partial charge is 0.193 e. The fourth-order valence-corrected chi connectivity index (χ4v) is 3.97. The summed E-state index contributed by atoms with van der Waals surface area (Å²) in [6.45, 7) is 4.51. The van der Waals surface area contributed by atoms with Gasteiger partial charge in [0.15, 0.2) is 5.96 Å². The lowest BCUT2D eigenvalue weighted by Gasteiger charge is -2.35. The number of halogens is 1. The molecule has 25 heavy (non-hydrogen) atoms. The van der Waals surface area contributed by atoms with Gasteiger partial charge in [-0.15, -0.1) is 35.3 Å². The van der Waals surface area contributed by atoms with Crippen molar-refractivity contribution in [3.05, 3.63) is 22.4 Å². The first-order chi connectivity index (χ1) is 11.8. The molecule has 1 aromatic heterocycles. The second kappa shape index (κ2) is 11.4. The Bertz CT molecular complexity index is 498. The Morgan fingerprint density at radius 3 is 2.84 bits per heavy atom.